The van der Waals surface area contributed by atoms with Crippen LogP contribution < -0.4 is 0 Å². The van der Waals surface area contributed by atoms with Crippen molar-refractivity contribution in [2.45, 2.75) is 52.4 Å². The number of benzene rings is 1. The summed E-state index contributed by atoms with van der Waals surface area (Å²) in [5.74, 6) is -0.364. The average Bonchev–Trinajstić information content (AvgIpc) is 2.37. The van der Waals surface area contributed by atoms with Crippen molar-refractivity contribution in [3.05, 3.63) is 33.8 Å². The third-order valence-electron chi connectivity index (χ3n) is 3.31. The lowest BCUT2D eigenvalue weighted by atomic mass is 10.0. The molecule has 0 aromatic heterocycles. The third kappa shape index (κ3) is 4.87. The Morgan fingerprint density at radius 3 is 2.47 bits per heavy atom. The molecule has 0 aliphatic carbocycles. The molecular weight excluding hydrogens is 260 g/mol. The Bertz CT molecular complexity index is 404. The number of hydrogen-bond acceptors (Lipinski definition) is 2. The van der Waals surface area contributed by atoms with E-state index in [0.29, 0.717) is 10.6 Å². The molecule has 0 N–H and O–H groups in total. The molecule has 2 nitrogen and oxygen atoms in total. The fraction of sp³-hybridized carbons (Fsp3) is 0.562. The molecule has 0 atom stereocenters. The number of esters is 1. The maximum absolute atomic E-state index is 11.6. The molecule has 0 aliphatic rings. The van der Waals surface area contributed by atoms with E-state index in [9.17, 15) is 4.79 Å². The van der Waals surface area contributed by atoms with Crippen molar-refractivity contribution < 1.29 is 9.53 Å². The molecule has 0 aliphatic heterocycles. The van der Waals surface area contributed by atoms with Gasteiger partial charge in [-0.05, 0) is 37.0 Å². The highest BCUT2D eigenvalue weighted by molar-refractivity contribution is 6.33. The number of rotatable bonds is 7. The summed E-state index contributed by atoms with van der Waals surface area (Å²) in [5.41, 5.74) is 2.58. The number of halogens is 1. The van der Waals surface area contributed by atoms with Crippen LogP contribution in [0, 0.1) is 6.92 Å². The minimum absolute atomic E-state index is 0.364. The van der Waals surface area contributed by atoms with E-state index in [1.54, 1.807) is 0 Å². The lowest BCUT2D eigenvalue weighted by Crippen LogP contribution is -2.05. The number of unbranched alkanes of at least 4 members (excludes halogenated alkanes) is 4. The van der Waals surface area contributed by atoms with E-state index < -0.39 is 0 Å². The number of carbonyl (C=O) groups is 1. The Morgan fingerprint density at radius 1 is 1.21 bits per heavy atom. The molecule has 0 amide bonds. The standard InChI is InChI=1S/C16H23ClO2/c1-4-5-6-7-8-9-13-10-12(2)15(14(17)11-13)16(18)19-3/h10-11H,4-9H2,1-3H3. The van der Waals surface area contributed by atoms with E-state index in [4.69, 9.17) is 16.3 Å². The maximum Gasteiger partial charge on any atom is 0.339 e. The number of methoxy groups -OCH3 is 1. The van der Waals surface area contributed by atoms with E-state index in [1.807, 2.05) is 19.1 Å². The number of hydrogen-bond donors (Lipinski definition) is 0. The minimum Gasteiger partial charge on any atom is -0.465 e. The van der Waals surface area contributed by atoms with Crippen molar-refractivity contribution in [3.8, 4) is 0 Å². The van der Waals surface area contributed by atoms with Gasteiger partial charge in [0, 0.05) is 0 Å². The summed E-state index contributed by atoms with van der Waals surface area (Å²) in [5, 5.41) is 0.496. The monoisotopic (exact) mass is 282 g/mol. The molecule has 1 aromatic carbocycles. The minimum atomic E-state index is -0.364. The van der Waals surface area contributed by atoms with E-state index in [2.05, 4.69) is 6.92 Å². The number of ether oxygens (including phenoxy) is 1. The van der Waals surface area contributed by atoms with Crippen molar-refractivity contribution in [2.75, 3.05) is 7.11 Å². The molecule has 0 radical (unpaired) electrons. The molecule has 19 heavy (non-hydrogen) atoms. The molecule has 0 saturated carbocycles. The van der Waals surface area contributed by atoms with Gasteiger partial charge in [0.25, 0.3) is 0 Å². The first kappa shape index (κ1) is 16.0. The Labute approximate surface area is 121 Å². The Kier molecular flexibility index (Phi) is 6.93. The van der Waals surface area contributed by atoms with Crippen LogP contribution in [0.15, 0.2) is 12.1 Å². The van der Waals surface area contributed by atoms with Crippen molar-refractivity contribution in [3.63, 3.8) is 0 Å². The molecule has 0 saturated heterocycles. The summed E-state index contributed by atoms with van der Waals surface area (Å²) in [6.45, 7) is 4.12. The van der Waals surface area contributed by atoms with Crippen LogP contribution in [0.3, 0.4) is 0 Å². The molecule has 106 valence electrons. The van der Waals surface area contributed by atoms with Crippen LogP contribution in [0.1, 0.15) is 60.5 Å². The lowest BCUT2D eigenvalue weighted by molar-refractivity contribution is 0.0600. The van der Waals surface area contributed by atoms with Crippen LogP contribution in [-0.2, 0) is 11.2 Å². The van der Waals surface area contributed by atoms with Gasteiger partial charge >= 0.3 is 5.97 Å². The van der Waals surface area contributed by atoms with Crippen LogP contribution in [0.5, 0.6) is 0 Å². The first-order chi connectivity index (χ1) is 9.10. The summed E-state index contributed by atoms with van der Waals surface area (Å²) in [4.78, 5) is 11.6. The summed E-state index contributed by atoms with van der Waals surface area (Å²) in [6.07, 6.45) is 7.31. The zero-order chi connectivity index (χ0) is 14.3. The Morgan fingerprint density at radius 2 is 1.89 bits per heavy atom. The fourth-order valence-electron chi connectivity index (χ4n) is 2.25. The highest BCUT2D eigenvalue weighted by atomic mass is 35.5. The highest BCUT2D eigenvalue weighted by Gasteiger charge is 2.14. The quantitative estimate of drug-likeness (QED) is 0.522. The average molecular weight is 283 g/mol. The van der Waals surface area contributed by atoms with Gasteiger partial charge in [-0.3, -0.25) is 0 Å². The molecule has 1 rings (SSSR count). The summed E-state index contributed by atoms with van der Waals surface area (Å²) >= 11 is 6.17. The van der Waals surface area contributed by atoms with Crippen molar-refractivity contribution in [2.24, 2.45) is 0 Å². The van der Waals surface area contributed by atoms with Gasteiger partial charge in [-0.2, -0.15) is 0 Å². The zero-order valence-electron chi connectivity index (χ0n) is 12.1. The van der Waals surface area contributed by atoms with Crippen molar-refractivity contribution in [1.82, 2.24) is 0 Å². The SMILES string of the molecule is CCCCCCCc1cc(C)c(C(=O)OC)c(Cl)c1. The molecule has 0 fully saturated rings. The molecular formula is C16H23ClO2. The number of aryl methyl sites for hydroxylation is 2. The predicted octanol–water partition coefficient (Wildman–Crippen LogP) is 4.95. The summed E-state index contributed by atoms with van der Waals surface area (Å²) in [6, 6.07) is 3.93. The van der Waals surface area contributed by atoms with Crippen molar-refractivity contribution in [1.29, 1.82) is 0 Å². The zero-order valence-corrected chi connectivity index (χ0v) is 12.8. The van der Waals surface area contributed by atoms with Crippen LogP contribution in [-0.4, -0.2) is 13.1 Å². The lowest BCUT2D eigenvalue weighted by Gasteiger charge is -2.09. The van der Waals surface area contributed by atoms with Crippen LogP contribution in [0.2, 0.25) is 5.02 Å². The summed E-state index contributed by atoms with van der Waals surface area (Å²) < 4.78 is 4.74. The molecule has 0 bridgehead atoms. The van der Waals surface area contributed by atoms with Crippen LogP contribution in [0.25, 0.3) is 0 Å². The first-order valence-corrected chi connectivity index (χ1v) is 7.35. The first-order valence-electron chi connectivity index (χ1n) is 6.97. The second-order valence-electron chi connectivity index (χ2n) is 4.93. The predicted molar refractivity (Wildman–Crippen MR) is 80.0 cm³/mol. The van der Waals surface area contributed by atoms with Crippen LogP contribution in [0.4, 0.5) is 0 Å². The van der Waals surface area contributed by atoms with Crippen molar-refractivity contribution >= 4 is 17.6 Å². The van der Waals surface area contributed by atoms with E-state index in [-0.39, 0.29) is 5.97 Å². The topological polar surface area (TPSA) is 26.3 Å². The third-order valence-corrected chi connectivity index (χ3v) is 3.60. The smallest absolute Gasteiger partial charge is 0.339 e. The van der Waals surface area contributed by atoms with Gasteiger partial charge < -0.3 is 4.74 Å². The summed E-state index contributed by atoms with van der Waals surface area (Å²) in [7, 11) is 1.37. The van der Waals surface area contributed by atoms with E-state index in [0.717, 1.165) is 12.0 Å². The largest absolute Gasteiger partial charge is 0.465 e. The number of carbonyl (C=O) groups excluding carboxylic acids is 1. The van der Waals surface area contributed by atoms with Gasteiger partial charge in [0.15, 0.2) is 0 Å². The fourth-order valence-corrected chi connectivity index (χ4v) is 2.62. The molecule has 0 unspecified atom stereocenters. The second kappa shape index (κ2) is 8.21. The second-order valence-corrected chi connectivity index (χ2v) is 5.33. The molecule has 0 heterocycles. The van der Waals surface area contributed by atoms with Gasteiger partial charge in [-0.25, -0.2) is 4.79 Å². The van der Waals surface area contributed by atoms with Gasteiger partial charge in [-0.15, -0.1) is 0 Å². The van der Waals surface area contributed by atoms with Gasteiger partial charge in [0.2, 0.25) is 0 Å². The van der Waals surface area contributed by atoms with Gasteiger partial charge in [0.05, 0.1) is 17.7 Å². The highest BCUT2D eigenvalue weighted by Crippen LogP contribution is 2.24. The molecule has 1 aromatic rings. The van der Waals surface area contributed by atoms with Gasteiger partial charge in [0.1, 0.15) is 0 Å². The Hall–Kier alpha value is -1.02. The molecule has 3 heteroatoms. The molecule has 0 spiro atoms. The van der Waals surface area contributed by atoms with Crippen LogP contribution >= 0.6 is 11.6 Å². The Balaban J connectivity index is 2.65. The van der Waals surface area contributed by atoms with E-state index in [1.165, 1.54) is 44.8 Å². The van der Waals surface area contributed by atoms with Gasteiger partial charge in [-0.1, -0.05) is 50.3 Å². The maximum atomic E-state index is 11.6. The van der Waals surface area contributed by atoms with E-state index >= 15 is 0 Å². The normalized spacial score (nSPS) is 10.5.